The number of non-ortho nitro benzene ring substituents is 1. The van der Waals surface area contributed by atoms with Crippen LogP contribution in [0.5, 0.6) is 0 Å². The predicted octanol–water partition coefficient (Wildman–Crippen LogP) is -0.426. The minimum atomic E-state index is -1.66. The number of rotatable bonds is 5. The van der Waals surface area contributed by atoms with Crippen LogP contribution in [0.15, 0.2) is 42.5 Å². The van der Waals surface area contributed by atoms with Gasteiger partial charge in [0.1, 0.15) is 0 Å². The SMILES string of the molecule is O=C([O-])c1ccc(C(=O)[O-])c(C(=O)Nc2ccc([N+](=O)[O-])cc2)c1. The van der Waals surface area contributed by atoms with Crippen LogP contribution in [0.1, 0.15) is 31.1 Å². The average molecular weight is 328 g/mol. The monoisotopic (exact) mass is 328 g/mol. The van der Waals surface area contributed by atoms with Crippen molar-refractivity contribution in [2.45, 2.75) is 0 Å². The third-order valence-corrected chi connectivity index (χ3v) is 3.06. The number of carboxylic acid groups (broad SMARTS) is 2. The molecule has 0 aliphatic rings. The molecule has 2 rings (SSSR count). The number of benzene rings is 2. The normalized spacial score (nSPS) is 10.0. The Balaban J connectivity index is 2.34. The summed E-state index contributed by atoms with van der Waals surface area (Å²) in [7, 11) is 0. The molecule has 24 heavy (non-hydrogen) atoms. The molecule has 0 spiro atoms. The number of hydrogen-bond donors (Lipinski definition) is 1. The molecule has 1 amide bonds. The summed E-state index contributed by atoms with van der Waals surface area (Å²) in [6.07, 6.45) is 0. The van der Waals surface area contributed by atoms with Gasteiger partial charge in [-0.2, -0.15) is 0 Å². The maximum absolute atomic E-state index is 12.2. The van der Waals surface area contributed by atoms with E-state index in [2.05, 4.69) is 5.32 Å². The molecule has 9 nitrogen and oxygen atoms in total. The van der Waals surface area contributed by atoms with Gasteiger partial charge in [0.15, 0.2) is 0 Å². The van der Waals surface area contributed by atoms with E-state index in [1.807, 2.05) is 0 Å². The van der Waals surface area contributed by atoms with Crippen LogP contribution in [0, 0.1) is 10.1 Å². The minimum Gasteiger partial charge on any atom is -0.545 e. The number of nitrogens with one attached hydrogen (secondary N) is 1. The van der Waals surface area contributed by atoms with Crippen LogP contribution in [0.2, 0.25) is 0 Å². The van der Waals surface area contributed by atoms with E-state index in [9.17, 15) is 34.7 Å². The van der Waals surface area contributed by atoms with Gasteiger partial charge in [-0.3, -0.25) is 14.9 Å². The van der Waals surface area contributed by atoms with Crippen LogP contribution in [-0.2, 0) is 0 Å². The summed E-state index contributed by atoms with van der Waals surface area (Å²) < 4.78 is 0. The Morgan fingerprint density at radius 2 is 1.50 bits per heavy atom. The third-order valence-electron chi connectivity index (χ3n) is 3.06. The van der Waals surface area contributed by atoms with E-state index in [0.717, 1.165) is 30.3 Å². The Morgan fingerprint density at radius 1 is 0.875 bits per heavy atom. The van der Waals surface area contributed by atoms with Crippen molar-refractivity contribution < 1.29 is 29.5 Å². The fourth-order valence-electron chi connectivity index (χ4n) is 1.90. The predicted molar refractivity (Wildman–Crippen MR) is 76.2 cm³/mol. The number of nitro benzene ring substituents is 1. The topological polar surface area (TPSA) is 152 Å². The molecule has 0 aromatic heterocycles. The zero-order valence-electron chi connectivity index (χ0n) is 11.8. The first-order valence-corrected chi connectivity index (χ1v) is 6.42. The molecule has 1 N–H and O–H groups in total. The molecule has 2 aromatic carbocycles. The molecule has 0 radical (unpaired) electrons. The average Bonchev–Trinajstić information content (AvgIpc) is 2.54. The lowest BCUT2D eigenvalue weighted by Crippen LogP contribution is -2.28. The zero-order chi connectivity index (χ0) is 17.9. The standard InChI is InChI=1S/C15H10N2O7/c18-13(16-9-2-4-10(5-3-9)17(23)24)12-7-8(14(19)20)1-6-11(12)15(21)22/h1-7H,(H,16,18)(H,19,20)(H,21,22)/p-2. The third kappa shape index (κ3) is 3.53. The molecule has 0 saturated heterocycles. The molecule has 0 aliphatic heterocycles. The van der Waals surface area contributed by atoms with Crippen LogP contribution in [0.25, 0.3) is 0 Å². The van der Waals surface area contributed by atoms with Crippen molar-refractivity contribution in [3.8, 4) is 0 Å². The molecule has 0 fully saturated rings. The number of carbonyl (C=O) groups excluding carboxylic acids is 3. The molecule has 0 unspecified atom stereocenters. The number of hydrogen-bond acceptors (Lipinski definition) is 7. The fourth-order valence-corrected chi connectivity index (χ4v) is 1.90. The number of carbonyl (C=O) groups is 3. The Hall–Kier alpha value is -3.75. The molecule has 0 heterocycles. The van der Waals surface area contributed by atoms with E-state index >= 15 is 0 Å². The van der Waals surface area contributed by atoms with E-state index in [0.29, 0.717) is 0 Å². The largest absolute Gasteiger partial charge is 0.545 e. The summed E-state index contributed by atoms with van der Waals surface area (Å²) in [5.41, 5.74) is -1.35. The summed E-state index contributed by atoms with van der Waals surface area (Å²) in [4.78, 5) is 44.0. The van der Waals surface area contributed by atoms with Crippen LogP contribution < -0.4 is 15.5 Å². The van der Waals surface area contributed by atoms with E-state index in [1.54, 1.807) is 0 Å². The summed E-state index contributed by atoms with van der Waals surface area (Å²) in [5.74, 6) is -4.15. The second-order valence-electron chi connectivity index (χ2n) is 4.59. The van der Waals surface area contributed by atoms with Crippen molar-refractivity contribution >= 4 is 29.2 Å². The number of aromatic carboxylic acids is 2. The molecule has 0 bridgehead atoms. The van der Waals surface area contributed by atoms with Gasteiger partial charge in [-0.05, 0) is 23.8 Å². The highest BCUT2D eigenvalue weighted by Crippen LogP contribution is 2.18. The van der Waals surface area contributed by atoms with Crippen molar-refractivity contribution in [1.82, 2.24) is 0 Å². The van der Waals surface area contributed by atoms with Gasteiger partial charge in [0.25, 0.3) is 11.6 Å². The van der Waals surface area contributed by atoms with Gasteiger partial charge < -0.3 is 25.1 Å². The van der Waals surface area contributed by atoms with Crippen LogP contribution in [0.4, 0.5) is 11.4 Å². The lowest BCUT2D eigenvalue weighted by molar-refractivity contribution is -0.384. The van der Waals surface area contributed by atoms with Gasteiger partial charge in [0.2, 0.25) is 0 Å². The van der Waals surface area contributed by atoms with E-state index in [4.69, 9.17) is 0 Å². The summed E-state index contributed by atoms with van der Waals surface area (Å²) in [6, 6.07) is 7.53. The first kappa shape index (κ1) is 16.6. The molecule has 0 saturated carbocycles. The number of nitrogens with zero attached hydrogens (tertiary/aromatic N) is 1. The minimum absolute atomic E-state index is 0.161. The Morgan fingerprint density at radius 3 is 2.00 bits per heavy atom. The smallest absolute Gasteiger partial charge is 0.269 e. The van der Waals surface area contributed by atoms with Crippen molar-refractivity contribution in [3.63, 3.8) is 0 Å². The van der Waals surface area contributed by atoms with Crippen LogP contribution in [-0.4, -0.2) is 22.8 Å². The zero-order valence-corrected chi connectivity index (χ0v) is 11.8. The van der Waals surface area contributed by atoms with Gasteiger partial charge >= 0.3 is 0 Å². The lowest BCUT2D eigenvalue weighted by atomic mass is 10.0. The summed E-state index contributed by atoms with van der Waals surface area (Å²) in [5, 5.41) is 34.8. The van der Waals surface area contributed by atoms with Gasteiger partial charge in [-0.15, -0.1) is 0 Å². The van der Waals surface area contributed by atoms with Crippen LogP contribution >= 0.6 is 0 Å². The summed E-state index contributed by atoms with van der Waals surface area (Å²) in [6.45, 7) is 0. The highest BCUT2D eigenvalue weighted by Gasteiger charge is 2.14. The number of amides is 1. The maximum atomic E-state index is 12.2. The second-order valence-corrected chi connectivity index (χ2v) is 4.59. The number of anilines is 1. The Labute approximate surface area is 134 Å². The van der Waals surface area contributed by atoms with Crippen molar-refractivity contribution in [1.29, 1.82) is 0 Å². The van der Waals surface area contributed by atoms with Gasteiger partial charge in [0.05, 0.1) is 16.9 Å². The molecule has 2 aromatic rings. The first-order chi connectivity index (χ1) is 11.3. The van der Waals surface area contributed by atoms with Crippen LogP contribution in [0.3, 0.4) is 0 Å². The quantitative estimate of drug-likeness (QED) is 0.577. The lowest BCUT2D eigenvalue weighted by Gasteiger charge is -2.13. The number of nitro groups is 1. The molecule has 122 valence electrons. The van der Waals surface area contributed by atoms with E-state index in [-0.39, 0.29) is 16.9 Å². The van der Waals surface area contributed by atoms with Crippen molar-refractivity contribution in [3.05, 3.63) is 69.3 Å². The molecule has 0 atom stereocenters. The summed E-state index contributed by atoms with van der Waals surface area (Å²) >= 11 is 0. The Kier molecular flexibility index (Phi) is 4.55. The molecule has 9 heteroatoms. The molecule has 0 aliphatic carbocycles. The van der Waals surface area contributed by atoms with Crippen molar-refractivity contribution in [2.24, 2.45) is 0 Å². The molecular weight excluding hydrogens is 320 g/mol. The van der Waals surface area contributed by atoms with Gasteiger partial charge in [-0.1, -0.05) is 12.1 Å². The fraction of sp³-hybridized carbons (Fsp3) is 0. The van der Waals surface area contributed by atoms with Crippen molar-refractivity contribution in [2.75, 3.05) is 5.32 Å². The van der Waals surface area contributed by atoms with E-state index < -0.39 is 33.9 Å². The number of carboxylic acids is 2. The van der Waals surface area contributed by atoms with Gasteiger partial charge in [-0.25, -0.2) is 0 Å². The highest BCUT2D eigenvalue weighted by atomic mass is 16.6. The Bertz CT molecular complexity index is 843. The second kappa shape index (κ2) is 6.57. The molecular formula is C15H8N2O7-2. The van der Waals surface area contributed by atoms with Gasteiger partial charge in [0, 0.05) is 28.9 Å². The van der Waals surface area contributed by atoms with E-state index in [1.165, 1.54) is 12.1 Å². The maximum Gasteiger partial charge on any atom is 0.269 e. The highest BCUT2D eigenvalue weighted by molar-refractivity contribution is 6.11. The first-order valence-electron chi connectivity index (χ1n) is 6.42.